The predicted molar refractivity (Wildman–Crippen MR) is 67.1 cm³/mol. The van der Waals surface area contributed by atoms with Crippen LogP contribution in [-0.4, -0.2) is 4.98 Å². The van der Waals surface area contributed by atoms with Gasteiger partial charge in [0.05, 0.1) is 15.2 Å². The summed E-state index contributed by atoms with van der Waals surface area (Å²) < 4.78 is 1.49. The minimum absolute atomic E-state index is 0.531. The van der Waals surface area contributed by atoms with Crippen molar-refractivity contribution in [2.45, 2.75) is 0 Å². The molecule has 0 spiro atoms. The van der Waals surface area contributed by atoms with Gasteiger partial charge in [0.1, 0.15) is 0 Å². The van der Waals surface area contributed by atoms with E-state index in [2.05, 4.69) is 4.98 Å². The molecule has 0 aliphatic carbocycles. The van der Waals surface area contributed by atoms with Crippen molar-refractivity contribution in [1.82, 2.24) is 4.98 Å². The third-order valence-corrected chi connectivity index (χ3v) is 3.92. The van der Waals surface area contributed by atoms with Gasteiger partial charge >= 0.3 is 0 Å². The first-order chi connectivity index (χ1) is 7.25. The van der Waals surface area contributed by atoms with Crippen LogP contribution < -0.4 is 0 Å². The van der Waals surface area contributed by atoms with Crippen LogP contribution in [0.1, 0.15) is 0 Å². The van der Waals surface area contributed by atoms with Gasteiger partial charge in [0, 0.05) is 5.39 Å². The van der Waals surface area contributed by atoms with Crippen LogP contribution in [-0.2, 0) is 0 Å². The van der Waals surface area contributed by atoms with Gasteiger partial charge in [0.2, 0.25) is 0 Å². The van der Waals surface area contributed by atoms with Crippen LogP contribution in [0.2, 0.25) is 9.49 Å². The lowest BCUT2D eigenvalue weighted by molar-refractivity contribution is 1.51. The second-order valence-corrected chi connectivity index (χ2v) is 5.21. The summed E-state index contributed by atoms with van der Waals surface area (Å²) in [6.45, 7) is 0. The number of fused-ring (bicyclic) bond motifs is 3. The van der Waals surface area contributed by atoms with E-state index in [4.69, 9.17) is 23.2 Å². The molecule has 0 saturated heterocycles. The van der Waals surface area contributed by atoms with Crippen LogP contribution in [0.15, 0.2) is 30.3 Å². The van der Waals surface area contributed by atoms with Crippen LogP contribution >= 0.6 is 34.5 Å². The summed E-state index contributed by atoms with van der Waals surface area (Å²) in [4.78, 5) is 4.30. The topological polar surface area (TPSA) is 12.9 Å². The molecule has 3 aromatic rings. The number of thiazole rings is 1. The monoisotopic (exact) mass is 253 g/mol. The van der Waals surface area contributed by atoms with Crippen molar-refractivity contribution in [2.24, 2.45) is 0 Å². The van der Waals surface area contributed by atoms with Gasteiger partial charge in [-0.1, -0.05) is 47.5 Å². The first-order valence-corrected chi connectivity index (χ1v) is 5.96. The van der Waals surface area contributed by atoms with Gasteiger partial charge in [-0.3, -0.25) is 0 Å². The zero-order valence-electron chi connectivity index (χ0n) is 7.50. The molecule has 0 amide bonds. The Morgan fingerprint density at radius 1 is 1.13 bits per heavy atom. The molecule has 15 heavy (non-hydrogen) atoms. The van der Waals surface area contributed by atoms with Gasteiger partial charge in [-0.2, -0.15) is 0 Å². The van der Waals surface area contributed by atoms with Gasteiger partial charge in [-0.15, -0.1) is 11.3 Å². The van der Waals surface area contributed by atoms with E-state index in [9.17, 15) is 0 Å². The Hall–Kier alpha value is -0.830. The Labute approximate surface area is 100 Å². The Morgan fingerprint density at radius 2 is 1.93 bits per heavy atom. The molecular weight excluding hydrogens is 249 g/mol. The lowest BCUT2D eigenvalue weighted by Crippen LogP contribution is -1.76. The molecule has 0 unspecified atom stereocenters. The van der Waals surface area contributed by atoms with Gasteiger partial charge in [-0.05, 0) is 11.5 Å². The van der Waals surface area contributed by atoms with Crippen LogP contribution in [0.3, 0.4) is 0 Å². The highest BCUT2D eigenvalue weighted by Gasteiger charge is 2.09. The fraction of sp³-hybridized carbons (Fsp3) is 0. The summed E-state index contributed by atoms with van der Waals surface area (Å²) in [5.41, 5.74) is 0.896. The van der Waals surface area contributed by atoms with Crippen molar-refractivity contribution in [3.05, 3.63) is 39.8 Å². The average molecular weight is 254 g/mol. The van der Waals surface area contributed by atoms with Gasteiger partial charge in [-0.25, -0.2) is 4.98 Å². The predicted octanol–water partition coefficient (Wildman–Crippen LogP) is 4.76. The molecule has 3 rings (SSSR count). The highest BCUT2D eigenvalue weighted by atomic mass is 35.5. The Bertz CT molecular complexity index is 660. The summed E-state index contributed by atoms with van der Waals surface area (Å²) >= 11 is 13.5. The van der Waals surface area contributed by atoms with E-state index in [1.807, 2.05) is 30.3 Å². The number of benzene rings is 2. The lowest BCUT2D eigenvalue weighted by atomic mass is 10.1. The number of halogens is 2. The molecule has 74 valence electrons. The van der Waals surface area contributed by atoms with E-state index >= 15 is 0 Å². The summed E-state index contributed by atoms with van der Waals surface area (Å²) in [6, 6.07) is 9.98. The Kier molecular flexibility index (Phi) is 2.09. The van der Waals surface area contributed by atoms with Crippen molar-refractivity contribution in [2.75, 3.05) is 0 Å². The van der Waals surface area contributed by atoms with E-state index in [1.54, 1.807) is 0 Å². The van der Waals surface area contributed by atoms with E-state index < -0.39 is 0 Å². The minimum Gasteiger partial charge on any atom is -0.224 e. The highest BCUT2D eigenvalue weighted by molar-refractivity contribution is 7.22. The quantitative estimate of drug-likeness (QED) is 0.563. The summed E-state index contributed by atoms with van der Waals surface area (Å²) in [5, 5.41) is 2.91. The van der Waals surface area contributed by atoms with Crippen molar-refractivity contribution in [3.63, 3.8) is 0 Å². The molecule has 0 radical (unpaired) electrons. The second-order valence-electron chi connectivity index (χ2n) is 3.22. The first kappa shape index (κ1) is 9.40. The molecule has 1 heterocycles. The van der Waals surface area contributed by atoms with E-state index in [1.165, 1.54) is 11.3 Å². The highest BCUT2D eigenvalue weighted by Crippen LogP contribution is 2.36. The van der Waals surface area contributed by atoms with Crippen LogP contribution in [0.25, 0.3) is 21.0 Å². The van der Waals surface area contributed by atoms with Crippen molar-refractivity contribution >= 4 is 55.5 Å². The fourth-order valence-electron chi connectivity index (χ4n) is 1.68. The van der Waals surface area contributed by atoms with Crippen molar-refractivity contribution in [1.29, 1.82) is 0 Å². The molecular formula is C11H5Cl2NS. The molecule has 0 N–H and O–H groups in total. The van der Waals surface area contributed by atoms with Gasteiger partial charge in [0.15, 0.2) is 4.47 Å². The van der Waals surface area contributed by atoms with Gasteiger partial charge < -0.3 is 0 Å². The maximum absolute atomic E-state index is 6.16. The van der Waals surface area contributed by atoms with Crippen LogP contribution in [0.4, 0.5) is 0 Å². The normalized spacial score (nSPS) is 11.3. The lowest BCUT2D eigenvalue weighted by Gasteiger charge is -1.99. The molecule has 1 aromatic heterocycles. The van der Waals surface area contributed by atoms with Crippen molar-refractivity contribution in [3.8, 4) is 0 Å². The standard InChI is InChI=1S/C11H5Cl2NS/c12-8-5-6-3-1-2-4-7(6)9-10(8)15-11(13)14-9/h1-5H. The minimum atomic E-state index is 0.531. The van der Waals surface area contributed by atoms with Crippen LogP contribution in [0.5, 0.6) is 0 Å². The van der Waals surface area contributed by atoms with E-state index in [0.717, 1.165) is 21.0 Å². The molecule has 0 aliphatic heterocycles. The number of rotatable bonds is 0. The summed E-state index contributed by atoms with van der Waals surface area (Å²) in [5.74, 6) is 0. The number of aromatic nitrogens is 1. The maximum atomic E-state index is 6.16. The van der Waals surface area contributed by atoms with Crippen molar-refractivity contribution < 1.29 is 0 Å². The van der Waals surface area contributed by atoms with Crippen LogP contribution in [0, 0.1) is 0 Å². The SMILES string of the molecule is Clc1nc2c(s1)c(Cl)cc1ccccc12. The maximum Gasteiger partial charge on any atom is 0.184 e. The molecule has 0 fully saturated rings. The fourth-order valence-corrected chi connectivity index (χ4v) is 3.03. The Balaban J connectivity index is 2.63. The molecule has 0 saturated carbocycles. The molecule has 4 heteroatoms. The number of hydrogen-bond donors (Lipinski definition) is 0. The second kappa shape index (κ2) is 3.34. The van der Waals surface area contributed by atoms with E-state index in [0.29, 0.717) is 9.49 Å². The first-order valence-electron chi connectivity index (χ1n) is 4.39. The number of nitrogens with zero attached hydrogens (tertiary/aromatic N) is 1. The zero-order valence-corrected chi connectivity index (χ0v) is 9.83. The molecule has 0 bridgehead atoms. The molecule has 0 atom stereocenters. The summed E-state index contributed by atoms with van der Waals surface area (Å²) in [7, 11) is 0. The average Bonchev–Trinajstić information content (AvgIpc) is 2.61. The van der Waals surface area contributed by atoms with Gasteiger partial charge in [0.25, 0.3) is 0 Å². The summed E-state index contributed by atoms with van der Waals surface area (Å²) in [6.07, 6.45) is 0. The number of hydrogen-bond acceptors (Lipinski definition) is 2. The Morgan fingerprint density at radius 3 is 2.80 bits per heavy atom. The zero-order chi connectivity index (χ0) is 10.4. The molecule has 0 aliphatic rings. The third kappa shape index (κ3) is 1.41. The third-order valence-electron chi connectivity index (χ3n) is 2.32. The smallest absolute Gasteiger partial charge is 0.184 e. The molecule has 2 aromatic carbocycles. The van der Waals surface area contributed by atoms with E-state index in [-0.39, 0.29) is 0 Å². The largest absolute Gasteiger partial charge is 0.224 e. The molecule has 1 nitrogen and oxygen atoms in total.